The summed E-state index contributed by atoms with van der Waals surface area (Å²) in [7, 11) is 0. The maximum absolute atomic E-state index is 4.44. The van der Waals surface area contributed by atoms with Gasteiger partial charge in [-0.05, 0) is 12.3 Å². The highest BCUT2D eigenvalue weighted by Gasteiger charge is 2.06. The van der Waals surface area contributed by atoms with Crippen molar-refractivity contribution in [1.29, 1.82) is 0 Å². The molecule has 0 radical (unpaired) electrons. The second-order valence-electron chi connectivity index (χ2n) is 3.39. The van der Waals surface area contributed by atoms with Crippen LogP contribution in [0, 0.1) is 0 Å². The lowest BCUT2D eigenvalue weighted by atomic mass is 10.6. The first-order chi connectivity index (χ1) is 8.85. The van der Waals surface area contributed by atoms with Gasteiger partial charge in [-0.15, -0.1) is 10.2 Å². The van der Waals surface area contributed by atoms with Gasteiger partial charge in [-0.3, -0.25) is 4.40 Å². The van der Waals surface area contributed by atoms with Gasteiger partial charge in [0, 0.05) is 24.3 Å². The molecular weight excluding hydrogens is 286 g/mol. The first-order valence-electron chi connectivity index (χ1n) is 5.14. The van der Waals surface area contributed by atoms with Crippen LogP contribution in [-0.4, -0.2) is 30.8 Å². The summed E-state index contributed by atoms with van der Waals surface area (Å²) < 4.78 is 3.89. The Morgan fingerprint density at radius 1 is 1.33 bits per heavy atom. The molecule has 0 N–H and O–H groups in total. The minimum absolute atomic E-state index is 0.732. The molecule has 8 heteroatoms. The molecule has 0 fully saturated rings. The van der Waals surface area contributed by atoms with Gasteiger partial charge in [-0.1, -0.05) is 34.9 Å². The lowest BCUT2D eigenvalue weighted by molar-refractivity contribution is 0.955. The number of fused-ring (bicyclic) bond motifs is 1. The third kappa shape index (κ3) is 2.50. The summed E-state index contributed by atoms with van der Waals surface area (Å²) in [6.45, 7) is 0. The van der Waals surface area contributed by atoms with Crippen LogP contribution in [0.3, 0.4) is 0 Å². The lowest BCUT2D eigenvalue weighted by Crippen LogP contribution is -1.83. The van der Waals surface area contributed by atoms with Gasteiger partial charge in [-0.25, -0.2) is 9.97 Å². The summed E-state index contributed by atoms with van der Waals surface area (Å²) in [5, 5.41) is 8.18. The number of imidazole rings is 1. The quantitative estimate of drug-likeness (QED) is 0.690. The van der Waals surface area contributed by atoms with E-state index >= 15 is 0 Å². The van der Waals surface area contributed by atoms with Crippen molar-refractivity contribution < 1.29 is 0 Å². The zero-order valence-corrected chi connectivity index (χ0v) is 11.9. The Labute approximate surface area is 116 Å². The van der Waals surface area contributed by atoms with E-state index in [2.05, 4.69) is 20.2 Å². The Morgan fingerprint density at radius 3 is 3.00 bits per heavy atom. The van der Waals surface area contributed by atoms with E-state index in [0.717, 1.165) is 25.9 Å². The molecule has 5 nitrogen and oxygen atoms in total. The van der Waals surface area contributed by atoms with Crippen LogP contribution in [0.25, 0.3) is 5.78 Å². The first kappa shape index (κ1) is 11.9. The predicted molar refractivity (Wildman–Crippen MR) is 74.2 cm³/mol. The fourth-order valence-electron chi connectivity index (χ4n) is 1.42. The second-order valence-corrected chi connectivity index (χ2v) is 6.64. The van der Waals surface area contributed by atoms with Crippen LogP contribution in [0.4, 0.5) is 0 Å². The van der Waals surface area contributed by atoms with Crippen molar-refractivity contribution in [3.8, 4) is 0 Å². The van der Waals surface area contributed by atoms with E-state index in [-0.39, 0.29) is 0 Å². The highest BCUT2D eigenvalue weighted by atomic mass is 32.2. The van der Waals surface area contributed by atoms with Crippen molar-refractivity contribution in [3.05, 3.63) is 30.4 Å². The van der Waals surface area contributed by atoms with Gasteiger partial charge in [0.15, 0.2) is 8.68 Å². The van der Waals surface area contributed by atoms with Crippen LogP contribution < -0.4 is 0 Å². The highest BCUT2D eigenvalue weighted by molar-refractivity contribution is 8.02. The molecule has 0 saturated heterocycles. The minimum atomic E-state index is 0.732. The van der Waals surface area contributed by atoms with Crippen LogP contribution in [0.1, 0.15) is 5.69 Å². The minimum Gasteiger partial charge on any atom is -0.291 e. The van der Waals surface area contributed by atoms with Crippen LogP contribution in [0.2, 0.25) is 0 Å². The zero-order valence-electron chi connectivity index (χ0n) is 9.48. The standard InChI is InChI=1S/C10H9N5S3/c1-16-9-13-14-10(18-9)17-6-7-5-15-4-2-3-11-8(15)12-7/h2-5H,6H2,1H3. The number of hydrogen-bond acceptors (Lipinski definition) is 7. The molecule has 0 aliphatic heterocycles. The molecule has 0 amide bonds. The van der Waals surface area contributed by atoms with Gasteiger partial charge in [0.2, 0.25) is 5.78 Å². The molecule has 3 heterocycles. The summed E-state index contributed by atoms with van der Waals surface area (Å²) in [4.78, 5) is 8.63. The van der Waals surface area contributed by atoms with Crippen molar-refractivity contribution in [2.75, 3.05) is 6.26 Å². The SMILES string of the molecule is CSc1nnc(SCc2cn3cccnc3n2)s1. The Hall–Kier alpha value is -1.12. The number of aromatic nitrogens is 5. The molecule has 0 aliphatic rings. The third-order valence-electron chi connectivity index (χ3n) is 2.19. The van der Waals surface area contributed by atoms with Gasteiger partial charge < -0.3 is 0 Å². The van der Waals surface area contributed by atoms with E-state index < -0.39 is 0 Å². The molecule has 92 valence electrons. The summed E-state index contributed by atoms with van der Waals surface area (Å²) in [5.74, 6) is 1.52. The molecule has 0 bridgehead atoms. The molecule has 3 aromatic heterocycles. The van der Waals surface area contributed by atoms with Gasteiger partial charge in [0.1, 0.15) is 0 Å². The number of rotatable bonds is 4. The van der Waals surface area contributed by atoms with E-state index in [1.165, 1.54) is 0 Å². The summed E-state index contributed by atoms with van der Waals surface area (Å²) in [5.41, 5.74) is 1.000. The topological polar surface area (TPSA) is 56.0 Å². The number of thioether (sulfide) groups is 2. The number of nitrogens with zero attached hydrogens (tertiary/aromatic N) is 5. The van der Waals surface area contributed by atoms with Crippen LogP contribution >= 0.6 is 34.9 Å². The Morgan fingerprint density at radius 2 is 2.22 bits per heavy atom. The van der Waals surface area contributed by atoms with Crippen molar-refractivity contribution in [2.45, 2.75) is 14.4 Å². The van der Waals surface area contributed by atoms with Crippen LogP contribution in [0.15, 0.2) is 33.3 Å². The summed E-state index contributed by atoms with van der Waals surface area (Å²) in [6, 6.07) is 1.89. The van der Waals surface area contributed by atoms with E-state index in [4.69, 9.17) is 0 Å². The lowest BCUT2D eigenvalue weighted by Gasteiger charge is -1.90. The zero-order chi connectivity index (χ0) is 12.4. The molecule has 0 atom stereocenters. The molecule has 3 rings (SSSR count). The Balaban J connectivity index is 1.72. The summed E-state index contributed by atoms with van der Waals surface area (Å²) >= 11 is 4.88. The summed E-state index contributed by atoms with van der Waals surface area (Å²) in [6.07, 6.45) is 7.68. The average molecular weight is 295 g/mol. The highest BCUT2D eigenvalue weighted by Crippen LogP contribution is 2.29. The molecule has 3 aromatic rings. The van der Waals surface area contributed by atoms with Crippen LogP contribution in [0.5, 0.6) is 0 Å². The normalized spacial score (nSPS) is 11.2. The molecule has 0 spiro atoms. The largest absolute Gasteiger partial charge is 0.291 e. The van der Waals surface area contributed by atoms with Crippen molar-refractivity contribution in [2.24, 2.45) is 0 Å². The molecule has 0 aliphatic carbocycles. The molecule has 0 unspecified atom stereocenters. The monoisotopic (exact) mass is 295 g/mol. The fraction of sp³-hybridized carbons (Fsp3) is 0.200. The van der Waals surface area contributed by atoms with E-state index in [1.807, 2.05) is 29.1 Å². The smallest absolute Gasteiger partial charge is 0.233 e. The maximum atomic E-state index is 4.44. The Kier molecular flexibility index (Phi) is 3.48. The Bertz CT molecular complexity index is 629. The third-order valence-corrected chi connectivity index (χ3v) is 5.26. The van der Waals surface area contributed by atoms with Gasteiger partial charge >= 0.3 is 0 Å². The molecule has 0 saturated carbocycles. The maximum Gasteiger partial charge on any atom is 0.233 e. The predicted octanol–water partition coefficient (Wildman–Crippen LogP) is 2.60. The van der Waals surface area contributed by atoms with Crippen molar-refractivity contribution >= 4 is 40.6 Å². The second kappa shape index (κ2) is 5.25. The van der Waals surface area contributed by atoms with Gasteiger partial charge in [0.05, 0.1) is 5.69 Å². The van der Waals surface area contributed by atoms with Gasteiger partial charge in [-0.2, -0.15) is 0 Å². The van der Waals surface area contributed by atoms with E-state index in [1.54, 1.807) is 41.1 Å². The fourth-order valence-corrected chi connectivity index (χ4v) is 3.74. The number of hydrogen-bond donors (Lipinski definition) is 0. The molecule has 0 aromatic carbocycles. The van der Waals surface area contributed by atoms with Gasteiger partial charge in [0.25, 0.3) is 0 Å². The first-order valence-corrected chi connectivity index (χ1v) is 8.17. The molecule has 18 heavy (non-hydrogen) atoms. The van der Waals surface area contributed by atoms with Crippen molar-refractivity contribution in [3.63, 3.8) is 0 Å². The molecular formula is C10H9N5S3. The van der Waals surface area contributed by atoms with Crippen molar-refractivity contribution in [1.82, 2.24) is 24.6 Å². The van der Waals surface area contributed by atoms with E-state index in [0.29, 0.717) is 0 Å². The average Bonchev–Trinajstić information content (AvgIpc) is 3.02. The van der Waals surface area contributed by atoms with Crippen LogP contribution in [-0.2, 0) is 5.75 Å². The van der Waals surface area contributed by atoms with E-state index in [9.17, 15) is 0 Å².